The lowest BCUT2D eigenvalue weighted by atomic mass is 9.94. The molecule has 4 heterocycles. The number of hydrogen-bond donors (Lipinski definition) is 3. The quantitative estimate of drug-likeness (QED) is 0.239. The summed E-state index contributed by atoms with van der Waals surface area (Å²) >= 11 is 0. The first-order chi connectivity index (χ1) is 21.7. The van der Waals surface area contributed by atoms with Crippen molar-refractivity contribution in [1.82, 2.24) is 20.3 Å². The van der Waals surface area contributed by atoms with Gasteiger partial charge in [0.2, 0.25) is 0 Å². The van der Waals surface area contributed by atoms with E-state index in [2.05, 4.69) is 16.2 Å². The summed E-state index contributed by atoms with van der Waals surface area (Å²) in [5.41, 5.74) is -0.164. The first-order valence-corrected chi connectivity index (χ1v) is 15.7. The van der Waals surface area contributed by atoms with Gasteiger partial charge in [-0.15, -0.1) is 6.42 Å². The van der Waals surface area contributed by atoms with Crippen molar-refractivity contribution in [2.45, 2.75) is 63.8 Å². The molecule has 0 bridgehead atoms. The van der Waals surface area contributed by atoms with Gasteiger partial charge in [-0.3, -0.25) is 0 Å². The van der Waals surface area contributed by atoms with Gasteiger partial charge in [-0.1, -0.05) is 24.8 Å². The summed E-state index contributed by atoms with van der Waals surface area (Å²) in [5.74, 6) is 1.59. The third-order valence-electron chi connectivity index (χ3n) is 9.52. The number of phenolic OH excluding ortho intramolecular Hbond substituents is 1. The van der Waals surface area contributed by atoms with Crippen LogP contribution in [-0.2, 0) is 6.42 Å². The number of rotatable bonds is 5. The number of nitrogens with zero attached hydrogens (tertiary/aromatic N) is 4. The minimum Gasteiger partial charge on any atom is -0.508 e. The number of ether oxygens (including phenoxy) is 1. The van der Waals surface area contributed by atoms with Crippen molar-refractivity contribution in [3.63, 3.8) is 0 Å². The third kappa shape index (κ3) is 5.87. The molecule has 2 atom stereocenters. The topological polar surface area (TPSA) is 104 Å². The predicted octanol–water partition coefficient (Wildman–Crippen LogP) is 5.88. The summed E-state index contributed by atoms with van der Waals surface area (Å²) in [7, 11) is 1.82. The number of nitrogens with one attached hydrogen (secondary N) is 1. The van der Waals surface area contributed by atoms with Crippen LogP contribution in [0.5, 0.6) is 11.8 Å². The van der Waals surface area contributed by atoms with E-state index in [1.807, 2.05) is 18.9 Å². The number of aliphatic hydroxyl groups is 1. The highest BCUT2D eigenvalue weighted by Gasteiger charge is 2.36. The van der Waals surface area contributed by atoms with Crippen LogP contribution in [0.2, 0.25) is 0 Å². The van der Waals surface area contributed by atoms with Crippen LogP contribution in [0.1, 0.15) is 63.1 Å². The molecule has 1 fully saturated rings. The number of aryl methyl sites for hydroxylation is 1. The minimum atomic E-state index is -0.757. The van der Waals surface area contributed by atoms with Gasteiger partial charge in [-0.2, -0.15) is 9.97 Å². The first-order valence-electron chi connectivity index (χ1n) is 15.7. The monoisotopic (exact) mass is 615 g/mol. The van der Waals surface area contributed by atoms with Crippen LogP contribution in [0.15, 0.2) is 24.3 Å². The molecule has 2 aromatic heterocycles. The molecule has 0 amide bonds. The lowest BCUT2D eigenvalue weighted by Crippen LogP contribution is -2.47. The standard InChI is InChI=1S/C35H39F2N5O3/c1-4-24-26(36)12-11-22-17-23(44)18-25(28(22)24)31-30(37)32-29-27(39-31)13-14-35(2,20-43)42(3)33(29)41-34(40-32)45-19-21-9-6-5-7-15-38-16-8-10-21/h1,11-12,17-18,21,38,43-44H,5-10,13-16,19-20H2,2-3H3/t21-,35-/m1/s1. The van der Waals surface area contributed by atoms with Gasteiger partial charge in [0.25, 0.3) is 0 Å². The van der Waals surface area contributed by atoms with Crippen LogP contribution in [0.25, 0.3) is 32.9 Å². The van der Waals surface area contributed by atoms with Crippen molar-refractivity contribution in [1.29, 1.82) is 0 Å². The predicted molar refractivity (Wildman–Crippen MR) is 172 cm³/mol. The fourth-order valence-electron chi connectivity index (χ4n) is 6.63. The summed E-state index contributed by atoms with van der Waals surface area (Å²) < 4.78 is 38.0. The van der Waals surface area contributed by atoms with Gasteiger partial charge in [0, 0.05) is 18.0 Å². The van der Waals surface area contributed by atoms with Crippen LogP contribution < -0.4 is 15.0 Å². The molecule has 0 radical (unpaired) electrons. The molecule has 0 aliphatic carbocycles. The molecule has 3 N–H and O–H groups in total. The molecule has 2 aromatic carbocycles. The highest BCUT2D eigenvalue weighted by atomic mass is 19.1. The molecule has 8 nitrogen and oxygen atoms in total. The van der Waals surface area contributed by atoms with Gasteiger partial charge >= 0.3 is 6.01 Å². The van der Waals surface area contributed by atoms with E-state index in [4.69, 9.17) is 21.1 Å². The average molecular weight is 616 g/mol. The lowest BCUT2D eigenvalue weighted by molar-refractivity contribution is 0.194. The zero-order valence-electron chi connectivity index (χ0n) is 25.8. The second-order valence-corrected chi connectivity index (χ2v) is 12.6. The number of anilines is 1. The number of pyridine rings is 1. The Bertz CT molecular complexity index is 1780. The zero-order chi connectivity index (χ0) is 31.7. The van der Waals surface area contributed by atoms with E-state index in [-0.39, 0.29) is 46.1 Å². The van der Waals surface area contributed by atoms with Gasteiger partial charge in [-0.25, -0.2) is 13.8 Å². The van der Waals surface area contributed by atoms with Gasteiger partial charge in [0.05, 0.1) is 35.4 Å². The fourth-order valence-corrected chi connectivity index (χ4v) is 6.63. The number of phenols is 1. The van der Waals surface area contributed by atoms with Crippen LogP contribution in [0, 0.1) is 29.9 Å². The normalized spacial score (nSPS) is 21.0. The summed E-state index contributed by atoms with van der Waals surface area (Å²) in [4.78, 5) is 16.0. The second-order valence-electron chi connectivity index (χ2n) is 12.6. The van der Waals surface area contributed by atoms with Gasteiger partial charge < -0.3 is 25.2 Å². The van der Waals surface area contributed by atoms with E-state index in [1.54, 1.807) is 0 Å². The Morgan fingerprint density at radius 3 is 2.69 bits per heavy atom. The van der Waals surface area contributed by atoms with Gasteiger partial charge in [0.1, 0.15) is 28.6 Å². The van der Waals surface area contributed by atoms with Crippen LogP contribution in [-0.4, -0.2) is 64.1 Å². The van der Waals surface area contributed by atoms with E-state index < -0.39 is 17.2 Å². The van der Waals surface area contributed by atoms with E-state index in [1.165, 1.54) is 24.3 Å². The molecular weight excluding hydrogens is 576 g/mol. The Hall–Kier alpha value is -4.07. The number of benzene rings is 2. The minimum absolute atomic E-state index is 0.00865. The van der Waals surface area contributed by atoms with Gasteiger partial charge in [-0.05, 0) is 88.0 Å². The lowest BCUT2D eigenvalue weighted by Gasteiger charge is -2.37. The first kappa shape index (κ1) is 30.9. The van der Waals surface area contributed by atoms with Crippen LogP contribution in [0.4, 0.5) is 14.6 Å². The maximum atomic E-state index is 16.9. The Balaban J connectivity index is 1.51. The molecule has 6 rings (SSSR count). The van der Waals surface area contributed by atoms with Crippen molar-refractivity contribution in [3.05, 3.63) is 47.2 Å². The summed E-state index contributed by atoms with van der Waals surface area (Å²) in [5, 5.41) is 25.7. The molecule has 0 spiro atoms. The highest BCUT2D eigenvalue weighted by molar-refractivity contribution is 6.03. The molecule has 4 aromatic rings. The second kappa shape index (κ2) is 12.7. The van der Waals surface area contributed by atoms with E-state index >= 15 is 4.39 Å². The highest BCUT2D eigenvalue weighted by Crippen LogP contribution is 2.42. The number of aromatic nitrogens is 3. The number of likely N-dealkylation sites (N-methyl/N-ethyl adjacent to an activating group) is 1. The maximum absolute atomic E-state index is 16.9. The Labute approximate surface area is 261 Å². The molecule has 0 saturated carbocycles. The zero-order valence-corrected chi connectivity index (χ0v) is 25.8. The van der Waals surface area contributed by atoms with E-state index in [0.29, 0.717) is 47.7 Å². The summed E-state index contributed by atoms with van der Waals surface area (Å²) in [6.45, 7) is 4.18. The Kier molecular flexibility index (Phi) is 8.76. The SMILES string of the molecule is C#Cc1c(F)ccc2cc(O)cc(-c3nc4c5c(nc(OC[C@@H]6CCCCCNCCC6)nc5c3F)N(C)[C@@](C)(CO)CC4)c12. The third-order valence-corrected chi connectivity index (χ3v) is 9.52. The molecule has 1 saturated heterocycles. The number of halogens is 2. The average Bonchev–Trinajstić information content (AvgIpc) is 3.15. The Morgan fingerprint density at radius 1 is 1.09 bits per heavy atom. The molecule has 2 aliphatic rings. The summed E-state index contributed by atoms with van der Waals surface area (Å²) in [6, 6.07) is 5.56. The number of aromatic hydroxyl groups is 1. The molecule has 10 heteroatoms. The summed E-state index contributed by atoms with van der Waals surface area (Å²) in [6.07, 6.45) is 13.1. The van der Waals surface area contributed by atoms with Crippen molar-refractivity contribution in [2.24, 2.45) is 5.92 Å². The van der Waals surface area contributed by atoms with E-state index in [9.17, 15) is 14.6 Å². The number of aliphatic hydroxyl groups excluding tert-OH is 1. The van der Waals surface area contributed by atoms with Crippen molar-refractivity contribution >= 4 is 27.5 Å². The molecule has 2 aliphatic heterocycles. The van der Waals surface area contributed by atoms with Crippen molar-refractivity contribution in [3.8, 4) is 35.4 Å². The smallest absolute Gasteiger partial charge is 0.319 e. The van der Waals surface area contributed by atoms with Crippen LogP contribution >= 0.6 is 0 Å². The molecule has 45 heavy (non-hydrogen) atoms. The Morgan fingerprint density at radius 2 is 1.89 bits per heavy atom. The molecule has 236 valence electrons. The number of hydrogen-bond acceptors (Lipinski definition) is 8. The van der Waals surface area contributed by atoms with Crippen molar-refractivity contribution < 1.29 is 23.7 Å². The largest absolute Gasteiger partial charge is 0.508 e. The maximum Gasteiger partial charge on any atom is 0.319 e. The van der Waals surface area contributed by atoms with Crippen molar-refractivity contribution in [2.75, 3.05) is 38.3 Å². The fraction of sp³-hybridized carbons (Fsp3) is 0.457. The van der Waals surface area contributed by atoms with E-state index in [0.717, 1.165) is 51.6 Å². The van der Waals surface area contributed by atoms with Gasteiger partial charge in [0.15, 0.2) is 5.82 Å². The molecular formula is C35H39F2N5O3. The molecule has 0 unspecified atom stereocenters. The van der Waals surface area contributed by atoms with Crippen LogP contribution in [0.3, 0.4) is 0 Å². The number of fused-ring (bicyclic) bond motifs is 1. The number of terminal acetylenes is 1.